The van der Waals surface area contributed by atoms with Gasteiger partial charge in [0.2, 0.25) is 0 Å². The van der Waals surface area contributed by atoms with E-state index >= 15 is 0 Å². The molecule has 0 heterocycles. The quantitative estimate of drug-likeness (QED) is 0.390. The summed E-state index contributed by atoms with van der Waals surface area (Å²) in [6.07, 6.45) is 1.90. The number of rotatable bonds is 11. The van der Waals surface area contributed by atoms with Gasteiger partial charge in [0.1, 0.15) is 5.75 Å². The van der Waals surface area contributed by atoms with Crippen molar-refractivity contribution in [2.24, 2.45) is 0 Å². The van der Waals surface area contributed by atoms with Crippen LogP contribution < -0.4 is 8.85 Å². The monoisotopic (exact) mass is 364 g/mol. The fraction of sp³-hybridized carbons (Fsp3) is 0.600. The van der Waals surface area contributed by atoms with Crippen LogP contribution in [0.5, 0.6) is 11.5 Å². The summed E-state index contributed by atoms with van der Waals surface area (Å²) in [4.78, 5) is 0. The van der Waals surface area contributed by atoms with Gasteiger partial charge >= 0.3 is 0 Å². The van der Waals surface area contributed by atoms with E-state index in [-0.39, 0.29) is 0 Å². The van der Waals surface area contributed by atoms with Crippen LogP contribution in [0, 0.1) is 0 Å². The van der Waals surface area contributed by atoms with E-state index in [4.69, 9.17) is 8.85 Å². The molecular formula is C20H36O2Si2. The van der Waals surface area contributed by atoms with E-state index < -0.39 is 16.6 Å². The molecule has 0 atom stereocenters. The van der Waals surface area contributed by atoms with Crippen molar-refractivity contribution in [2.45, 2.75) is 77.8 Å². The van der Waals surface area contributed by atoms with Gasteiger partial charge in [-0.2, -0.15) is 0 Å². The van der Waals surface area contributed by atoms with Crippen LogP contribution in [0.4, 0.5) is 0 Å². The number of benzene rings is 1. The van der Waals surface area contributed by atoms with Crippen molar-refractivity contribution >= 4 is 22.7 Å². The fourth-order valence-electron chi connectivity index (χ4n) is 3.27. The highest BCUT2D eigenvalue weighted by Gasteiger charge is 2.35. The zero-order chi connectivity index (χ0) is 18.2. The molecule has 24 heavy (non-hydrogen) atoms. The first-order valence-corrected chi connectivity index (χ1v) is 14.7. The third-order valence-corrected chi connectivity index (χ3v) is 14.8. The van der Waals surface area contributed by atoms with Gasteiger partial charge < -0.3 is 8.85 Å². The van der Waals surface area contributed by atoms with Crippen LogP contribution in [0.25, 0.3) is 6.08 Å². The van der Waals surface area contributed by atoms with Gasteiger partial charge in [-0.25, -0.2) is 0 Å². The Morgan fingerprint density at radius 1 is 0.792 bits per heavy atom. The second-order valence-corrected chi connectivity index (χ2v) is 16.0. The van der Waals surface area contributed by atoms with Crippen LogP contribution in [-0.2, 0) is 0 Å². The summed E-state index contributed by atoms with van der Waals surface area (Å²) in [5, 5.41) is 0. The van der Waals surface area contributed by atoms with Crippen molar-refractivity contribution < 1.29 is 8.85 Å². The van der Waals surface area contributed by atoms with Gasteiger partial charge in [0.05, 0.1) is 0 Å². The SMILES string of the molecule is C=Cc1cccc(O[Si](CC)(CC)CC)c1O[Si](CC)(CC)CC. The molecule has 4 heteroatoms. The van der Waals surface area contributed by atoms with Crippen molar-refractivity contribution in [3.8, 4) is 11.5 Å². The van der Waals surface area contributed by atoms with Crippen molar-refractivity contribution in [3.63, 3.8) is 0 Å². The van der Waals surface area contributed by atoms with Gasteiger partial charge in [-0.15, -0.1) is 0 Å². The van der Waals surface area contributed by atoms with Gasteiger partial charge in [-0.3, -0.25) is 0 Å². The third-order valence-electron chi connectivity index (χ3n) is 5.74. The Hall–Kier alpha value is -1.01. The molecule has 2 nitrogen and oxygen atoms in total. The molecule has 136 valence electrons. The largest absolute Gasteiger partial charge is 0.541 e. The second kappa shape index (κ2) is 9.47. The highest BCUT2D eigenvalue weighted by atomic mass is 28.4. The maximum absolute atomic E-state index is 6.75. The molecule has 0 aliphatic carbocycles. The summed E-state index contributed by atoms with van der Waals surface area (Å²) < 4.78 is 13.4. The lowest BCUT2D eigenvalue weighted by Crippen LogP contribution is -2.41. The summed E-state index contributed by atoms with van der Waals surface area (Å²) in [5.41, 5.74) is 1.06. The normalized spacial score (nSPS) is 12.1. The Bertz CT molecular complexity index is 504. The third kappa shape index (κ3) is 4.54. The molecule has 0 radical (unpaired) electrons. The van der Waals surface area contributed by atoms with E-state index in [0.29, 0.717) is 0 Å². The molecule has 1 aromatic rings. The summed E-state index contributed by atoms with van der Waals surface area (Å²) >= 11 is 0. The first-order valence-electron chi connectivity index (χ1n) is 9.62. The second-order valence-electron chi connectivity index (χ2n) is 6.57. The molecule has 0 saturated heterocycles. The van der Waals surface area contributed by atoms with E-state index in [9.17, 15) is 0 Å². The van der Waals surface area contributed by atoms with Crippen molar-refractivity contribution in [3.05, 3.63) is 30.3 Å². The lowest BCUT2D eigenvalue weighted by molar-refractivity contribution is 0.467. The molecule has 0 aliphatic heterocycles. The Morgan fingerprint density at radius 3 is 1.67 bits per heavy atom. The zero-order valence-corrected chi connectivity index (χ0v) is 18.6. The molecule has 0 unspecified atom stereocenters. The number of para-hydroxylation sites is 1. The van der Waals surface area contributed by atoms with Crippen LogP contribution >= 0.6 is 0 Å². The standard InChI is InChI=1S/C20H36O2Si2/c1-8-18-16-15-17-19(21-23(9-2,10-3)11-4)20(18)22-24(12-5,13-6)14-7/h8,15-17H,1,9-14H2,2-7H3. The van der Waals surface area contributed by atoms with Crippen molar-refractivity contribution in [2.75, 3.05) is 0 Å². The zero-order valence-electron chi connectivity index (χ0n) is 16.6. The van der Waals surface area contributed by atoms with Crippen molar-refractivity contribution in [1.29, 1.82) is 0 Å². The van der Waals surface area contributed by atoms with Gasteiger partial charge in [0, 0.05) is 5.56 Å². The maximum atomic E-state index is 6.75. The molecule has 1 rings (SSSR count). The highest BCUT2D eigenvalue weighted by Crippen LogP contribution is 2.39. The van der Waals surface area contributed by atoms with Gasteiger partial charge in [0.25, 0.3) is 16.6 Å². The van der Waals surface area contributed by atoms with Gasteiger partial charge in [-0.05, 0) is 42.3 Å². The highest BCUT2D eigenvalue weighted by molar-refractivity contribution is 6.75. The molecule has 0 amide bonds. The minimum absolute atomic E-state index is 0.942. The molecule has 0 bridgehead atoms. The van der Waals surface area contributed by atoms with E-state index in [1.165, 1.54) is 0 Å². The first kappa shape index (κ1) is 21.0. The smallest absolute Gasteiger partial charge is 0.250 e. The maximum Gasteiger partial charge on any atom is 0.250 e. The molecule has 0 N–H and O–H groups in total. The lowest BCUT2D eigenvalue weighted by Gasteiger charge is -2.34. The predicted octanol–water partition coefficient (Wildman–Crippen LogP) is 7.10. The Kier molecular flexibility index (Phi) is 8.30. The van der Waals surface area contributed by atoms with E-state index in [1.54, 1.807) is 0 Å². The van der Waals surface area contributed by atoms with Crippen LogP contribution in [0.3, 0.4) is 0 Å². The fourth-order valence-corrected chi connectivity index (χ4v) is 8.41. The molecule has 0 aromatic heterocycles. The molecule has 1 aromatic carbocycles. The molecule has 0 aliphatic rings. The minimum Gasteiger partial charge on any atom is -0.541 e. The summed E-state index contributed by atoms with van der Waals surface area (Å²) in [5.74, 6) is 1.88. The lowest BCUT2D eigenvalue weighted by atomic mass is 10.2. The van der Waals surface area contributed by atoms with E-state index in [0.717, 1.165) is 53.3 Å². The Morgan fingerprint density at radius 2 is 1.25 bits per heavy atom. The van der Waals surface area contributed by atoms with Gasteiger partial charge in [-0.1, -0.05) is 66.3 Å². The Labute approximate surface area is 151 Å². The number of hydrogen-bond acceptors (Lipinski definition) is 2. The summed E-state index contributed by atoms with van der Waals surface area (Å²) in [6, 6.07) is 13.0. The first-order chi connectivity index (χ1) is 11.5. The van der Waals surface area contributed by atoms with E-state index in [1.807, 2.05) is 6.08 Å². The van der Waals surface area contributed by atoms with Gasteiger partial charge in [0.15, 0.2) is 5.75 Å². The molecule has 0 saturated carbocycles. The number of hydrogen-bond donors (Lipinski definition) is 0. The average Bonchev–Trinajstić information content (AvgIpc) is 2.65. The molecule has 0 fully saturated rings. The van der Waals surface area contributed by atoms with Crippen LogP contribution in [-0.4, -0.2) is 16.6 Å². The van der Waals surface area contributed by atoms with Crippen molar-refractivity contribution in [1.82, 2.24) is 0 Å². The Balaban J connectivity index is 3.35. The molecular weight excluding hydrogens is 328 g/mol. The molecule has 0 spiro atoms. The summed E-state index contributed by atoms with van der Waals surface area (Å²) in [6.45, 7) is 17.6. The van der Waals surface area contributed by atoms with Crippen LogP contribution in [0.15, 0.2) is 24.8 Å². The van der Waals surface area contributed by atoms with E-state index in [2.05, 4.69) is 66.3 Å². The average molecular weight is 365 g/mol. The predicted molar refractivity (Wildman–Crippen MR) is 112 cm³/mol. The van der Waals surface area contributed by atoms with Crippen LogP contribution in [0.2, 0.25) is 36.3 Å². The van der Waals surface area contributed by atoms with Crippen LogP contribution in [0.1, 0.15) is 47.1 Å². The minimum atomic E-state index is -1.76. The topological polar surface area (TPSA) is 18.5 Å². The summed E-state index contributed by atoms with van der Waals surface area (Å²) in [7, 11) is -3.49.